The van der Waals surface area contributed by atoms with Gasteiger partial charge in [0.05, 0.1) is 5.70 Å². The second kappa shape index (κ2) is 5.57. The van der Waals surface area contributed by atoms with Gasteiger partial charge in [0.15, 0.2) is 0 Å². The van der Waals surface area contributed by atoms with E-state index >= 15 is 0 Å². The molecule has 3 rings (SSSR count). The van der Waals surface area contributed by atoms with Crippen molar-refractivity contribution in [3.8, 4) is 0 Å². The molecular formula is C19H19NO. The molecule has 0 amide bonds. The number of rotatable bonds is 3. The molecule has 2 heteroatoms. The number of aldehydes is 1. The van der Waals surface area contributed by atoms with Gasteiger partial charge in [-0.2, -0.15) is 0 Å². The van der Waals surface area contributed by atoms with E-state index in [2.05, 4.69) is 55.6 Å². The maximum absolute atomic E-state index is 11.4. The lowest BCUT2D eigenvalue weighted by Crippen LogP contribution is -2.12. The lowest BCUT2D eigenvalue weighted by molar-refractivity contribution is -0.105. The van der Waals surface area contributed by atoms with Crippen molar-refractivity contribution in [3.63, 3.8) is 0 Å². The predicted molar refractivity (Wildman–Crippen MR) is 87.3 cm³/mol. The first kappa shape index (κ1) is 13.6. The molecule has 21 heavy (non-hydrogen) atoms. The van der Waals surface area contributed by atoms with E-state index in [0.717, 1.165) is 41.6 Å². The lowest BCUT2D eigenvalue weighted by atomic mass is 9.89. The first-order valence-electron chi connectivity index (χ1n) is 7.30. The maximum Gasteiger partial charge on any atom is 0.148 e. The molecule has 0 saturated carbocycles. The van der Waals surface area contributed by atoms with E-state index in [9.17, 15) is 4.79 Å². The second-order valence-corrected chi connectivity index (χ2v) is 5.62. The minimum Gasteiger partial charge on any atom is -0.354 e. The molecule has 106 valence electrons. The van der Waals surface area contributed by atoms with Gasteiger partial charge in [0.25, 0.3) is 0 Å². The number of allylic oxidation sites excluding steroid dienone is 1. The van der Waals surface area contributed by atoms with Crippen LogP contribution in [0.4, 0.5) is 5.69 Å². The molecule has 0 fully saturated rings. The number of fused-ring (bicyclic) bond motifs is 1. The average Bonchev–Trinajstić information content (AvgIpc) is 2.50. The SMILES string of the molecule is Cc1ccc(NC2=C(C=O)CCc3ccccc32)c(C)c1. The molecule has 2 aromatic carbocycles. The number of nitrogens with one attached hydrogen (secondary N) is 1. The molecule has 2 nitrogen and oxygen atoms in total. The molecule has 1 N–H and O–H groups in total. The van der Waals surface area contributed by atoms with Gasteiger partial charge in [-0.25, -0.2) is 0 Å². The van der Waals surface area contributed by atoms with Gasteiger partial charge < -0.3 is 5.32 Å². The molecule has 0 unspecified atom stereocenters. The minimum atomic E-state index is 0.799. The van der Waals surface area contributed by atoms with Gasteiger partial charge in [-0.05, 0) is 43.9 Å². The molecule has 0 aromatic heterocycles. The van der Waals surface area contributed by atoms with Crippen LogP contribution in [0.25, 0.3) is 5.70 Å². The third kappa shape index (κ3) is 2.62. The number of hydrogen-bond acceptors (Lipinski definition) is 2. The van der Waals surface area contributed by atoms with E-state index in [1.54, 1.807) is 0 Å². The molecule has 1 aliphatic carbocycles. The zero-order valence-corrected chi connectivity index (χ0v) is 12.4. The normalized spacial score (nSPS) is 13.8. The zero-order chi connectivity index (χ0) is 14.8. The molecular weight excluding hydrogens is 258 g/mol. The van der Waals surface area contributed by atoms with E-state index in [1.807, 2.05) is 6.07 Å². The van der Waals surface area contributed by atoms with Crippen molar-refractivity contribution in [1.82, 2.24) is 0 Å². The number of benzene rings is 2. The predicted octanol–water partition coefficient (Wildman–Crippen LogP) is 4.27. The van der Waals surface area contributed by atoms with Crippen LogP contribution in [0.2, 0.25) is 0 Å². The van der Waals surface area contributed by atoms with Crippen molar-refractivity contribution in [3.05, 3.63) is 70.3 Å². The van der Waals surface area contributed by atoms with E-state index in [4.69, 9.17) is 0 Å². The van der Waals surface area contributed by atoms with Gasteiger partial charge in [-0.15, -0.1) is 0 Å². The number of anilines is 1. The Balaban J connectivity index is 2.05. The highest BCUT2D eigenvalue weighted by Gasteiger charge is 2.18. The monoisotopic (exact) mass is 277 g/mol. The molecule has 0 bridgehead atoms. The number of aryl methyl sites for hydroxylation is 3. The van der Waals surface area contributed by atoms with E-state index < -0.39 is 0 Å². The highest BCUT2D eigenvalue weighted by molar-refractivity contribution is 5.94. The van der Waals surface area contributed by atoms with Crippen molar-refractivity contribution in [2.45, 2.75) is 26.7 Å². The van der Waals surface area contributed by atoms with Crippen LogP contribution in [0.3, 0.4) is 0 Å². The van der Waals surface area contributed by atoms with E-state index in [-0.39, 0.29) is 0 Å². The van der Waals surface area contributed by atoms with Crippen LogP contribution in [0.5, 0.6) is 0 Å². The second-order valence-electron chi connectivity index (χ2n) is 5.62. The van der Waals surface area contributed by atoms with Gasteiger partial charge in [0.1, 0.15) is 6.29 Å². The van der Waals surface area contributed by atoms with Gasteiger partial charge in [-0.3, -0.25) is 4.79 Å². The Labute approximate surface area is 125 Å². The molecule has 2 aromatic rings. The standard InChI is InChI=1S/C19H19NO/c1-13-7-10-18(14(2)11-13)20-19-16(12-21)9-8-15-5-3-4-6-17(15)19/h3-7,10-12,20H,8-9H2,1-2H3. The number of carbonyl (C=O) groups is 1. The summed E-state index contributed by atoms with van der Waals surface area (Å²) in [6.45, 7) is 4.17. The topological polar surface area (TPSA) is 29.1 Å². The van der Waals surface area contributed by atoms with Crippen LogP contribution in [0, 0.1) is 13.8 Å². The maximum atomic E-state index is 11.4. The Kier molecular flexibility index (Phi) is 3.61. The van der Waals surface area contributed by atoms with Crippen LogP contribution in [0.15, 0.2) is 48.0 Å². The van der Waals surface area contributed by atoms with Crippen molar-refractivity contribution >= 4 is 17.7 Å². The van der Waals surface area contributed by atoms with Crippen molar-refractivity contribution in [1.29, 1.82) is 0 Å². The Bertz CT molecular complexity index is 728. The number of hydrogen-bond donors (Lipinski definition) is 1. The summed E-state index contributed by atoms with van der Waals surface area (Å²) in [6, 6.07) is 14.6. The van der Waals surface area contributed by atoms with E-state index in [0.29, 0.717) is 0 Å². The smallest absolute Gasteiger partial charge is 0.148 e. The van der Waals surface area contributed by atoms with Gasteiger partial charge >= 0.3 is 0 Å². The van der Waals surface area contributed by atoms with Gasteiger partial charge in [0, 0.05) is 16.8 Å². The van der Waals surface area contributed by atoms with Gasteiger partial charge in [-0.1, -0.05) is 42.0 Å². The summed E-state index contributed by atoms with van der Waals surface area (Å²) in [4.78, 5) is 11.4. The summed E-state index contributed by atoms with van der Waals surface area (Å²) in [6.07, 6.45) is 2.72. The molecule has 0 atom stereocenters. The third-order valence-corrected chi connectivity index (χ3v) is 4.06. The Morgan fingerprint density at radius 2 is 1.86 bits per heavy atom. The van der Waals surface area contributed by atoms with Crippen molar-refractivity contribution in [2.75, 3.05) is 5.32 Å². The molecule has 0 aliphatic heterocycles. The molecule has 0 spiro atoms. The minimum absolute atomic E-state index is 0.799. The fourth-order valence-corrected chi connectivity index (χ4v) is 2.90. The summed E-state index contributed by atoms with van der Waals surface area (Å²) in [5, 5.41) is 3.48. The quantitative estimate of drug-likeness (QED) is 0.849. The highest BCUT2D eigenvalue weighted by atomic mass is 16.1. The Hall–Kier alpha value is -2.35. The van der Waals surface area contributed by atoms with Crippen molar-refractivity contribution in [2.24, 2.45) is 0 Å². The first-order valence-corrected chi connectivity index (χ1v) is 7.30. The highest BCUT2D eigenvalue weighted by Crippen LogP contribution is 2.32. The van der Waals surface area contributed by atoms with Crippen LogP contribution in [-0.2, 0) is 11.2 Å². The van der Waals surface area contributed by atoms with Crippen LogP contribution in [-0.4, -0.2) is 6.29 Å². The number of carbonyl (C=O) groups excluding carboxylic acids is 1. The molecule has 0 radical (unpaired) electrons. The van der Waals surface area contributed by atoms with Crippen LogP contribution < -0.4 is 5.32 Å². The summed E-state index contributed by atoms with van der Waals surface area (Å²) >= 11 is 0. The Morgan fingerprint density at radius 3 is 2.62 bits per heavy atom. The van der Waals surface area contributed by atoms with E-state index in [1.165, 1.54) is 16.7 Å². The summed E-state index contributed by atoms with van der Waals surface area (Å²) in [5.74, 6) is 0. The molecule has 0 saturated heterocycles. The summed E-state index contributed by atoms with van der Waals surface area (Å²) in [5.41, 5.74) is 7.75. The molecule has 0 heterocycles. The molecule has 1 aliphatic rings. The summed E-state index contributed by atoms with van der Waals surface area (Å²) < 4.78 is 0. The zero-order valence-electron chi connectivity index (χ0n) is 12.4. The third-order valence-electron chi connectivity index (χ3n) is 4.06. The van der Waals surface area contributed by atoms with Gasteiger partial charge in [0.2, 0.25) is 0 Å². The van der Waals surface area contributed by atoms with Crippen LogP contribution >= 0.6 is 0 Å². The fourth-order valence-electron chi connectivity index (χ4n) is 2.90. The fraction of sp³-hybridized carbons (Fsp3) is 0.211. The average molecular weight is 277 g/mol. The summed E-state index contributed by atoms with van der Waals surface area (Å²) in [7, 11) is 0. The Morgan fingerprint density at radius 1 is 1.05 bits per heavy atom. The van der Waals surface area contributed by atoms with Crippen molar-refractivity contribution < 1.29 is 4.79 Å². The first-order chi connectivity index (χ1) is 10.2. The van der Waals surface area contributed by atoms with Crippen LogP contribution in [0.1, 0.15) is 28.7 Å². The lowest BCUT2D eigenvalue weighted by Gasteiger charge is -2.23. The largest absolute Gasteiger partial charge is 0.354 e.